The lowest BCUT2D eigenvalue weighted by Gasteiger charge is -2.18. The fourth-order valence-corrected chi connectivity index (χ4v) is 1.94. The summed E-state index contributed by atoms with van der Waals surface area (Å²) in [6.45, 7) is 2.54. The van der Waals surface area contributed by atoms with Crippen LogP contribution >= 0.6 is 0 Å². The highest BCUT2D eigenvalue weighted by atomic mass is 16.6. The van der Waals surface area contributed by atoms with Gasteiger partial charge in [0.1, 0.15) is 6.20 Å². The maximum absolute atomic E-state index is 11.1. The van der Waals surface area contributed by atoms with Gasteiger partial charge in [-0.2, -0.15) is 4.98 Å². The first-order chi connectivity index (χ1) is 10.0. The van der Waals surface area contributed by atoms with Gasteiger partial charge in [-0.15, -0.1) is 0 Å². The number of aromatic nitrogens is 2. The van der Waals surface area contributed by atoms with E-state index in [0.29, 0.717) is 18.3 Å². The number of hydrogen-bond donors (Lipinski definition) is 1. The average molecular weight is 287 g/mol. The number of anilines is 2. The molecule has 1 aromatic heterocycles. The van der Waals surface area contributed by atoms with Crippen LogP contribution in [0.3, 0.4) is 0 Å². The first-order valence-electron chi connectivity index (χ1n) is 6.47. The Morgan fingerprint density at radius 2 is 2.00 bits per heavy atom. The molecule has 0 bridgehead atoms. The lowest BCUT2D eigenvalue weighted by Crippen LogP contribution is -2.20. The average Bonchev–Trinajstić information content (AvgIpc) is 2.48. The first-order valence-corrected chi connectivity index (χ1v) is 6.47. The molecule has 0 aliphatic rings. The summed E-state index contributed by atoms with van der Waals surface area (Å²) in [6, 6.07) is 8.02. The number of nitrogens with zero attached hydrogens (tertiary/aromatic N) is 4. The molecule has 0 radical (unpaired) electrons. The van der Waals surface area contributed by atoms with E-state index in [1.165, 1.54) is 11.8 Å². The quantitative estimate of drug-likeness (QED) is 0.671. The molecule has 110 valence electrons. The Bertz CT molecular complexity index is 642. The third-order valence-electron chi connectivity index (χ3n) is 3.07. The van der Waals surface area contributed by atoms with Gasteiger partial charge < -0.3 is 10.2 Å². The Hall–Kier alpha value is -2.70. The smallest absolute Gasteiger partial charge is 0.329 e. The molecule has 0 saturated carbocycles. The molecule has 21 heavy (non-hydrogen) atoms. The SMILES string of the molecule is CNc1ncc([N+](=O)[O-])c(N(C)Cc2ccc(C)cc2)n1. The van der Waals surface area contributed by atoms with Crippen LogP contribution in [0.25, 0.3) is 0 Å². The predicted molar refractivity (Wildman–Crippen MR) is 81.5 cm³/mol. The van der Waals surface area contributed by atoms with E-state index < -0.39 is 4.92 Å². The Balaban J connectivity index is 2.30. The van der Waals surface area contributed by atoms with E-state index in [9.17, 15) is 10.1 Å². The second-order valence-corrected chi connectivity index (χ2v) is 4.75. The highest BCUT2D eigenvalue weighted by molar-refractivity contribution is 5.58. The summed E-state index contributed by atoms with van der Waals surface area (Å²) in [7, 11) is 3.44. The summed E-state index contributed by atoms with van der Waals surface area (Å²) in [4.78, 5) is 20.4. The van der Waals surface area contributed by atoms with Crippen molar-refractivity contribution >= 4 is 17.5 Å². The van der Waals surface area contributed by atoms with Crippen molar-refractivity contribution in [3.8, 4) is 0 Å². The molecule has 0 saturated heterocycles. The van der Waals surface area contributed by atoms with Crippen LogP contribution in [-0.2, 0) is 6.54 Å². The van der Waals surface area contributed by atoms with Crippen LogP contribution in [0.15, 0.2) is 30.5 Å². The van der Waals surface area contributed by atoms with Gasteiger partial charge in [0.25, 0.3) is 0 Å². The van der Waals surface area contributed by atoms with Gasteiger partial charge >= 0.3 is 5.69 Å². The van der Waals surface area contributed by atoms with Gasteiger partial charge in [0.15, 0.2) is 0 Å². The minimum Gasteiger partial charge on any atom is -0.357 e. The molecule has 0 fully saturated rings. The minimum atomic E-state index is -0.472. The number of nitrogens with one attached hydrogen (secondary N) is 1. The Morgan fingerprint density at radius 1 is 1.33 bits per heavy atom. The van der Waals surface area contributed by atoms with Gasteiger partial charge in [0, 0.05) is 20.6 Å². The van der Waals surface area contributed by atoms with Crippen molar-refractivity contribution in [1.29, 1.82) is 0 Å². The molecule has 0 atom stereocenters. The Kier molecular flexibility index (Phi) is 4.32. The first kappa shape index (κ1) is 14.7. The highest BCUT2D eigenvalue weighted by Crippen LogP contribution is 2.26. The zero-order valence-corrected chi connectivity index (χ0v) is 12.2. The normalized spacial score (nSPS) is 10.2. The molecule has 7 nitrogen and oxygen atoms in total. The van der Waals surface area contributed by atoms with Crippen molar-refractivity contribution in [3.63, 3.8) is 0 Å². The van der Waals surface area contributed by atoms with Crippen LogP contribution in [0.1, 0.15) is 11.1 Å². The van der Waals surface area contributed by atoms with Gasteiger partial charge in [-0.3, -0.25) is 10.1 Å². The predicted octanol–water partition coefficient (Wildman–Crippen LogP) is 2.37. The maximum atomic E-state index is 11.1. The molecule has 1 aromatic carbocycles. The summed E-state index contributed by atoms with van der Waals surface area (Å²) in [5, 5.41) is 13.9. The van der Waals surface area contributed by atoms with Crippen LogP contribution < -0.4 is 10.2 Å². The van der Waals surface area contributed by atoms with Gasteiger partial charge in [-0.05, 0) is 12.5 Å². The Labute approximate surface area is 122 Å². The summed E-state index contributed by atoms with van der Waals surface area (Å²) >= 11 is 0. The fraction of sp³-hybridized carbons (Fsp3) is 0.286. The van der Waals surface area contributed by atoms with E-state index in [0.717, 1.165) is 5.56 Å². The van der Waals surface area contributed by atoms with Crippen LogP contribution in [0.4, 0.5) is 17.5 Å². The Morgan fingerprint density at radius 3 is 2.57 bits per heavy atom. The molecule has 0 aliphatic heterocycles. The van der Waals surface area contributed by atoms with Gasteiger partial charge in [0.2, 0.25) is 11.8 Å². The second-order valence-electron chi connectivity index (χ2n) is 4.75. The van der Waals surface area contributed by atoms with Gasteiger partial charge in [-0.25, -0.2) is 4.98 Å². The molecule has 0 aliphatic carbocycles. The van der Waals surface area contributed by atoms with Crippen molar-refractivity contribution in [1.82, 2.24) is 9.97 Å². The van der Waals surface area contributed by atoms with Crippen molar-refractivity contribution in [2.75, 3.05) is 24.3 Å². The molecule has 0 amide bonds. The third-order valence-corrected chi connectivity index (χ3v) is 3.07. The topological polar surface area (TPSA) is 84.2 Å². The summed E-state index contributed by atoms with van der Waals surface area (Å²) in [5.74, 6) is 0.645. The van der Waals surface area contributed by atoms with Crippen LogP contribution in [0.2, 0.25) is 0 Å². The van der Waals surface area contributed by atoms with Crippen molar-refractivity contribution in [2.45, 2.75) is 13.5 Å². The van der Waals surface area contributed by atoms with Crippen molar-refractivity contribution < 1.29 is 4.92 Å². The lowest BCUT2D eigenvalue weighted by molar-refractivity contribution is -0.384. The number of aryl methyl sites for hydroxylation is 1. The van der Waals surface area contributed by atoms with E-state index in [-0.39, 0.29) is 5.69 Å². The molecule has 2 aromatic rings. The number of rotatable bonds is 5. The second kappa shape index (κ2) is 6.17. The van der Waals surface area contributed by atoms with Crippen molar-refractivity contribution in [2.24, 2.45) is 0 Å². The van der Waals surface area contributed by atoms with E-state index in [4.69, 9.17) is 0 Å². The van der Waals surface area contributed by atoms with E-state index >= 15 is 0 Å². The summed E-state index contributed by atoms with van der Waals surface area (Å²) < 4.78 is 0. The van der Waals surface area contributed by atoms with Crippen LogP contribution in [0, 0.1) is 17.0 Å². The molecule has 7 heteroatoms. The standard InChI is InChI=1S/C14H17N5O2/c1-10-4-6-11(7-5-10)9-18(3)13-12(19(20)21)8-16-14(15-2)17-13/h4-8H,9H2,1-3H3,(H,15,16,17). The molecular formula is C14H17N5O2. The van der Waals surface area contributed by atoms with Crippen molar-refractivity contribution in [3.05, 3.63) is 51.7 Å². The summed E-state index contributed by atoms with van der Waals surface area (Å²) in [6.07, 6.45) is 1.22. The van der Waals surface area contributed by atoms with E-state index in [2.05, 4.69) is 15.3 Å². The molecule has 0 unspecified atom stereocenters. The zero-order chi connectivity index (χ0) is 15.4. The van der Waals surface area contributed by atoms with E-state index in [1.807, 2.05) is 31.2 Å². The number of hydrogen-bond acceptors (Lipinski definition) is 6. The third kappa shape index (κ3) is 3.44. The molecule has 1 N–H and O–H groups in total. The summed E-state index contributed by atoms with van der Waals surface area (Å²) in [5.41, 5.74) is 2.12. The molecule has 1 heterocycles. The number of nitro groups is 1. The van der Waals surface area contributed by atoms with Crippen LogP contribution in [0.5, 0.6) is 0 Å². The van der Waals surface area contributed by atoms with Gasteiger partial charge in [0.05, 0.1) is 4.92 Å². The fourth-order valence-electron chi connectivity index (χ4n) is 1.94. The zero-order valence-electron chi connectivity index (χ0n) is 12.2. The number of benzene rings is 1. The lowest BCUT2D eigenvalue weighted by atomic mass is 10.1. The van der Waals surface area contributed by atoms with Gasteiger partial charge in [-0.1, -0.05) is 29.8 Å². The molecule has 0 spiro atoms. The maximum Gasteiger partial charge on any atom is 0.329 e. The largest absolute Gasteiger partial charge is 0.357 e. The molecule has 2 rings (SSSR count). The van der Waals surface area contributed by atoms with E-state index in [1.54, 1.807) is 19.0 Å². The molecular weight excluding hydrogens is 270 g/mol. The highest BCUT2D eigenvalue weighted by Gasteiger charge is 2.20. The monoisotopic (exact) mass is 287 g/mol. The minimum absolute atomic E-state index is 0.108. The van der Waals surface area contributed by atoms with Crippen LogP contribution in [-0.4, -0.2) is 29.0 Å².